The van der Waals surface area contributed by atoms with E-state index >= 15 is 0 Å². The van der Waals surface area contributed by atoms with Crippen molar-refractivity contribution in [1.82, 2.24) is 25.5 Å². The maximum atomic E-state index is 12.7. The number of urea groups is 1. The Bertz CT molecular complexity index is 1070. The summed E-state index contributed by atoms with van der Waals surface area (Å²) in [7, 11) is 0. The molecular weight excluding hydrogens is 340 g/mol. The number of H-pyrrole nitrogens is 1. The molecule has 0 bridgehead atoms. The van der Waals surface area contributed by atoms with E-state index in [0.717, 1.165) is 16.5 Å². The van der Waals surface area contributed by atoms with Crippen LogP contribution in [0.3, 0.4) is 0 Å². The summed E-state index contributed by atoms with van der Waals surface area (Å²) in [6.07, 6.45) is 1.70. The zero-order chi connectivity index (χ0) is 18.6. The number of nitrogens with zero attached hydrogens (tertiary/aromatic N) is 3. The zero-order valence-electron chi connectivity index (χ0n) is 14.7. The number of aromatic amines is 1. The highest BCUT2D eigenvalue weighted by Crippen LogP contribution is 2.22. The molecule has 27 heavy (non-hydrogen) atoms. The number of aromatic nitrogens is 4. The van der Waals surface area contributed by atoms with Gasteiger partial charge >= 0.3 is 6.03 Å². The second-order valence-electron chi connectivity index (χ2n) is 6.10. The summed E-state index contributed by atoms with van der Waals surface area (Å²) in [5.74, 6) is 1.19. The van der Waals surface area contributed by atoms with Crippen molar-refractivity contribution in [1.29, 1.82) is 0 Å². The third kappa shape index (κ3) is 3.62. The first-order chi connectivity index (χ1) is 13.2. The molecule has 0 aliphatic rings. The Labute approximate surface area is 155 Å². The van der Waals surface area contributed by atoms with Crippen molar-refractivity contribution in [2.75, 3.05) is 5.32 Å². The Morgan fingerprint density at radius 3 is 2.63 bits per heavy atom. The summed E-state index contributed by atoms with van der Waals surface area (Å²) in [6.45, 7) is 1.82. The number of pyridine rings is 1. The molecule has 1 atom stereocenters. The van der Waals surface area contributed by atoms with Crippen LogP contribution < -0.4 is 10.6 Å². The maximum Gasteiger partial charge on any atom is 0.320 e. The average Bonchev–Trinajstić information content (AvgIpc) is 3.13. The standard InChI is InChI=1S/C20H18N6O/c1-13-22-19(26-25-13)18(15-7-3-2-4-8-15)24-20(27)23-16-11-5-9-14-10-6-12-21-17(14)16/h2-12,18H,1H3,(H,22,25,26)(H2,23,24,27). The molecule has 7 nitrogen and oxygen atoms in total. The SMILES string of the molecule is Cc1nc(C(NC(=O)Nc2cccc3cccnc23)c2ccccc2)n[nH]1. The van der Waals surface area contributed by atoms with Gasteiger partial charge in [-0.3, -0.25) is 10.1 Å². The third-order valence-electron chi connectivity index (χ3n) is 4.16. The summed E-state index contributed by atoms with van der Waals surface area (Å²) < 4.78 is 0. The Kier molecular flexibility index (Phi) is 4.49. The normalized spacial score (nSPS) is 11.9. The van der Waals surface area contributed by atoms with Crippen LogP contribution in [0.1, 0.15) is 23.3 Å². The number of hydrogen-bond donors (Lipinski definition) is 3. The number of nitrogens with one attached hydrogen (secondary N) is 3. The number of benzene rings is 2. The predicted octanol–water partition coefficient (Wildman–Crippen LogP) is 3.57. The smallest absolute Gasteiger partial charge is 0.320 e. The fourth-order valence-electron chi connectivity index (χ4n) is 2.93. The van der Waals surface area contributed by atoms with Crippen LogP contribution in [-0.4, -0.2) is 26.2 Å². The molecule has 0 saturated carbocycles. The number of fused-ring (bicyclic) bond motifs is 1. The number of rotatable bonds is 4. The summed E-state index contributed by atoms with van der Waals surface area (Å²) in [5.41, 5.74) is 2.27. The first kappa shape index (κ1) is 16.7. The summed E-state index contributed by atoms with van der Waals surface area (Å²) in [5, 5.41) is 13.8. The molecule has 4 aromatic rings. The Morgan fingerprint density at radius 1 is 1.04 bits per heavy atom. The number of hydrogen-bond acceptors (Lipinski definition) is 4. The molecule has 0 saturated heterocycles. The van der Waals surface area contributed by atoms with Gasteiger partial charge in [0.1, 0.15) is 11.9 Å². The van der Waals surface area contributed by atoms with Gasteiger partial charge in [-0.1, -0.05) is 48.5 Å². The molecule has 0 aliphatic heterocycles. The second kappa shape index (κ2) is 7.25. The van der Waals surface area contributed by atoms with Gasteiger partial charge in [-0.15, -0.1) is 0 Å². The fourth-order valence-corrected chi connectivity index (χ4v) is 2.93. The molecular formula is C20H18N6O. The van der Waals surface area contributed by atoms with Crippen LogP contribution in [-0.2, 0) is 0 Å². The van der Waals surface area contributed by atoms with Gasteiger partial charge in [0.05, 0.1) is 11.2 Å². The molecule has 2 amide bonds. The van der Waals surface area contributed by atoms with E-state index in [1.54, 1.807) is 6.20 Å². The van der Waals surface area contributed by atoms with Crippen molar-refractivity contribution >= 4 is 22.6 Å². The molecule has 2 heterocycles. The molecule has 0 radical (unpaired) electrons. The van der Waals surface area contributed by atoms with Crippen LogP contribution in [0.2, 0.25) is 0 Å². The van der Waals surface area contributed by atoms with Crippen molar-refractivity contribution in [3.8, 4) is 0 Å². The molecule has 1 unspecified atom stereocenters. The van der Waals surface area contributed by atoms with Gasteiger partial charge in [0.2, 0.25) is 0 Å². The zero-order valence-corrected chi connectivity index (χ0v) is 14.7. The lowest BCUT2D eigenvalue weighted by Crippen LogP contribution is -2.34. The van der Waals surface area contributed by atoms with E-state index in [2.05, 4.69) is 30.8 Å². The molecule has 0 fully saturated rings. The molecule has 7 heteroatoms. The largest absolute Gasteiger partial charge is 0.324 e. The molecule has 0 spiro atoms. The first-order valence-corrected chi connectivity index (χ1v) is 8.56. The number of anilines is 1. The van der Waals surface area contributed by atoms with Gasteiger partial charge in [-0.25, -0.2) is 9.78 Å². The number of para-hydroxylation sites is 1. The lowest BCUT2D eigenvalue weighted by atomic mass is 10.1. The first-order valence-electron chi connectivity index (χ1n) is 8.56. The Hall–Kier alpha value is -3.74. The summed E-state index contributed by atoms with van der Waals surface area (Å²) in [4.78, 5) is 21.4. The molecule has 3 N–H and O–H groups in total. The van der Waals surface area contributed by atoms with Gasteiger partial charge in [0.25, 0.3) is 0 Å². The van der Waals surface area contributed by atoms with Gasteiger partial charge < -0.3 is 10.6 Å². The van der Waals surface area contributed by atoms with Crippen molar-refractivity contribution in [2.45, 2.75) is 13.0 Å². The second-order valence-corrected chi connectivity index (χ2v) is 6.10. The van der Waals surface area contributed by atoms with Gasteiger partial charge in [0.15, 0.2) is 5.82 Å². The highest BCUT2D eigenvalue weighted by Gasteiger charge is 2.21. The summed E-state index contributed by atoms with van der Waals surface area (Å²) in [6, 6.07) is 18.2. The third-order valence-corrected chi connectivity index (χ3v) is 4.16. The topological polar surface area (TPSA) is 95.6 Å². The van der Waals surface area contributed by atoms with E-state index in [0.29, 0.717) is 17.3 Å². The van der Waals surface area contributed by atoms with Crippen LogP contribution in [0.4, 0.5) is 10.5 Å². The van der Waals surface area contributed by atoms with Gasteiger partial charge in [-0.2, -0.15) is 5.10 Å². The van der Waals surface area contributed by atoms with Gasteiger partial charge in [0, 0.05) is 11.6 Å². The Morgan fingerprint density at radius 2 is 1.85 bits per heavy atom. The molecule has 2 aromatic heterocycles. The van der Waals surface area contributed by atoms with Crippen molar-refractivity contribution in [3.63, 3.8) is 0 Å². The average molecular weight is 358 g/mol. The molecule has 4 rings (SSSR count). The monoisotopic (exact) mass is 358 g/mol. The number of carbonyl (C=O) groups excluding carboxylic acids is 1. The number of amides is 2. The minimum atomic E-state index is -0.473. The van der Waals surface area contributed by atoms with E-state index in [9.17, 15) is 4.79 Å². The minimum Gasteiger partial charge on any atom is -0.324 e. The van der Waals surface area contributed by atoms with E-state index < -0.39 is 6.04 Å². The highest BCUT2D eigenvalue weighted by atomic mass is 16.2. The molecule has 2 aromatic carbocycles. The van der Waals surface area contributed by atoms with Crippen LogP contribution >= 0.6 is 0 Å². The predicted molar refractivity (Wildman–Crippen MR) is 103 cm³/mol. The van der Waals surface area contributed by atoms with Crippen LogP contribution in [0.25, 0.3) is 10.9 Å². The minimum absolute atomic E-state index is 0.357. The summed E-state index contributed by atoms with van der Waals surface area (Å²) >= 11 is 0. The molecule has 134 valence electrons. The van der Waals surface area contributed by atoms with Crippen LogP contribution in [0.5, 0.6) is 0 Å². The van der Waals surface area contributed by atoms with E-state index in [4.69, 9.17) is 0 Å². The van der Waals surface area contributed by atoms with E-state index in [-0.39, 0.29) is 6.03 Å². The number of aryl methyl sites for hydroxylation is 1. The maximum absolute atomic E-state index is 12.7. The Balaban J connectivity index is 1.60. The van der Waals surface area contributed by atoms with Crippen molar-refractivity contribution in [2.24, 2.45) is 0 Å². The van der Waals surface area contributed by atoms with Crippen molar-refractivity contribution in [3.05, 3.63) is 84.1 Å². The fraction of sp³-hybridized carbons (Fsp3) is 0.100. The molecule has 0 aliphatic carbocycles. The van der Waals surface area contributed by atoms with Crippen LogP contribution in [0.15, 0.2) is 66.9 Å². The van der Waals surface area contributed by atoms with Crippen LogP contribution in [0, 0.1) is 6.92 Å². The van der Waals surface area contributed by atoms with E-state index in [1.807, 2.05) is 67.6 Å². The highest BCUT2D eigenvalue weighted by molar-refractivity contribution is 5.99. The lowest BCUT2D eigenvalue weighted by molar-refractivity contribution is 0.249. The van der Waals surface area contributed by atoms with Crippen molar-refractivity contribution < 1.29 is 4.79 Å². The quantitative estimate of drug-likeness (QED) is 0.520. The lowest BCUT2D eigenvalue weighted by Gasteiger charge is -2.17. The van der Waals surface area contributed by atoms with Gasteiger partial charge in [-0.05, 0) is 24.6 Å². The number of carbonyl (C=O) groups is 1. The van der Waals surface area contributed by atoms with E-state index in [1.165, 1.54) is 0 Å².